The number of nitrogens with two attached hydrogens (primary N) is 1. The van der Waals surface area contributed by atoms with Crippen molar-refractivity contribution in [2.45, 2.75) is 17.9 Å². The van der Waals surface area contributed by atoms with Crippen LogP contribution in [-0.2, 0) is 10.0 Å². The Balaban J connectivity index is 2.24. The van der Waals surface area contributed by atoms with E-state index in [4.69, 9.17) is 17.4 Å². The standard InChI is InChI=1S/C10H12ClN5O2S2/c1-6(10-13-2-3-19-10)16-20(17,18)7-4-8(11)9(15-12)14-5-7/h2-6,16H,12H2,1H3,(H,14,15). The molecule has 0 saturated heterocycles. The first-order chi connectivity index (χ1) is 9.44. The van der Waals surface area contributed by atoms with E-state index in [1.165, 1.54) is 23.6 Å². The van der Waals surface area contributed by atoms with Crippen LogP contribution in [0.1, 0.15) is 18.0 Å². The molecule has 2 heterocycles. The van der Waals surface area contributed by atoms with Gasteiger partial charge in [-0.05, 0) is 13.0 Å². The number of anilines is 1. The summed E-state index contributed by atoms with van der Waals surface area (Å²) in [5.74, 6) is 5.39. The molecule has 0 saturated carbocycles. The molecule has 10 heteroatoms. The molecule has 0 aliphatic carbocycles. The number of thiazole rings is 1. The average Bonchev–Trinajstić information content (AvgIpc) is 2.92. The summed E-state index contributed by atoms with van der Waals surface area (Å²) in [5, 5.41) is 2.57. The minimum atomic E-state index is -3.73. The van der Waals surface area contributed by atoms with Gasteiger partial charge in [0.15, 0.2) is 5.82 Å². The van der Waals surface area contributed by atoms with Crippen LogP contribution in [0.3, 0.4) is 0 Å². The van der Waals surface area contributed by atoms with Gasteiger partial charge < -0.3 is 5.43 Å². The van der Waals surface area contributed by atoms with E-state index >= 15 is 0 Å². The maximum Gasteiger partial charge on any atom is 0.242 e. The van der Waals surface area contributed by atoms with Crippen molar-refractivity contribution < 1.29 is 8.42 Å². The van der Waals surface area contributed by atoms with Crippen LogP contribution < -0.4 is 16.0 Å². The lowest BCUT2D eigenvalue weighted by Crippen LogP contribution is -2.27. The topological polar surface area (TPSA) is 110 Å². The molecule has 2 aromatic heterocycles. The predicted octanol–water partition coefficient (Wildman–Crippen LogP) is 1.52. The van der Waals surface area contributed by atoms with Gasteiger partial charge in [-0.15, -0.1) is 11.3 Å². The van der Waals surface area contributed by atoms with Gasteiger partial charge in [0.2, 0.25) is 10.0 Å². The zero-order valence-corrected chi connectivity index (χ0v) is 12.8. The Morgan fingerprint density at radius 1 is 1.45 bits per heavy atom. The fraction of sp³-hybridized carbons (Fsp3) is 0.200. The van der Waals surface area contributed by atoms with E-state index in [2.05, 4.69) is 20.1 Å². The monoisotopic (exact) mass is 333 g/mol. The van der Waals surface area contributed by atoms with Crippen molar-refractivity contribution in [2.75, 3.05) is 5.43 Å². The van der Waals surface area contributed by atoms with E-state index in [-0.39, 0.29) is 15.7 Å². The highest BCUT2D eigenvalue weighted by molar-refractivity contribution is 7.89. The molecule has 20 heavy (non-hydrogen) atoms. The summed E-state index contributed by atoms with van der Waals surface area (Å²) in [7, 11) is -3.73. The van der Waals surface area contributed by atoms with Crippen molar-refractivity contribution in [1.82, 2.24) is 14.7 Å². The number of hydrazine groups is 1. The molecule has 2 rings (SSSR count). The van der Waals surface area contributed by atoms with Crippen LogP contribution in [0.25, 0.3) is 0 Å². The van der Waals surface area contributed by atoms with Crippen molar-refractivity contribution in [3.8, 4) is 0 Å². The fourth-order valence-corrected chi connectivity index (χ4v) is 3.66. The van der Waals surface area contributed by atoms with E-state index in [0.717, 1.165) is 0 Å². The molecule has 0 aromatic carbocycles. The van der Waals surface area contributed by atoms with Gasteiger partial charge in [0.1, 0.15) is 9.90 Å². The molecule has 4 N–H and O–H groups in total. The third-order valence-corrected chi connectivity index (χ3v) is 5.17. The number of nitrogen functional groups attached to an aromatic ring is 1. The summed E-state index contributed by atoms with van der Waals surface area (Å²) in [4.78, 5) is 7.86. The predicted molar refractivity (Wildman–Crippen MR) is 77.9 cm³/mol. The summed E-state index contributed by atoms with van der Waals surface area (Å²) < 4.78 is 26.9. The Morgan fingerprint density at radius 3 is 2.75 bits per heavy atom. The van der Waals surface area contributed by atoms with Crippen LogP contribution in [-0.4, -0.2) is 18.4 Å². The Morgan fingerprint density at radius 2 is 2.20 bits per heavy atom. The van der Waals surface area contributed by atoms with E-state index in [0.29, 0.717) is 5.01 Å². The third kappa shape index (κ3) is 3.25. The quantitative estimate of drug-likeness (QED) is 0.565. The van der Waals surface area contributed by atoms with Crippen LogP contribution in [0, 0.1) is 0 Å². The number of sulfonamides is 1. The Bertz CT molecular complexity index is 690. The highest BCUT2D eigenvalue weighted by Crippen LogP contribution is 2.23. The average molecular weight is 334 g/mol. The lowest BCUT2D eigenvalue weighted by atomic mass is 10.4. The molecule has 0 radical (unpaired) electrons. The van der Waals surface area contributed by atoms with Gasteiger partial charge in [0, 0.05) is 17.8 Å². The number of hydrogen-bond donors (Lipinski definition) is 3. The van der Waals surface area contributed by atoms with E-state index < -0.39 is 16.1 Å². The summed E-state index contributed by atoms with van der Waals surface area (Å²) in [6, 6.07) is 0.840. The highest BCUT2D eigenvalue weighted by Gasteiger charge is 2.21. The molecule has 2 aromatic rings. The lowest BCUT2D eigenvalue weighted by Gasteiger charge is -2.12. The van der Waals surface area contributed by atoms with E-state index in [9.17, 15) is 8.42 Å². The summed E-state index contributed by atoms with van der Waals surface area (Å²) >= 11 is 7.23. The van der Waals surface area contributed by atoms with Crippen LogP contribution >= 0.6 is 22.9 Å². The molecular weight excluding hydrogens is 322 g/mol. The molecule has 0 bridgehead atoms. The lowest BCUT2D eigenvalue weighted by molar-refractivity contribution is 0.566. The van der Waals surface area contributed by atoms with E-state index in [1.54, 1.807) is 18.5 Å². The van der Waals surface area contributed by atoms with Gasteiger partial charge in [0.25, 0.3) is 0 Å². The largest absolute Gasteiger partial charge is 0.307 e. The first-order valence-electron chi connectivity index (χ1n) is 5.48. The number of aromatic nitrogens is 2. The normalized spacial score (nSPS) is 13.2. The zero-order chi connectivity index (χ0) is 14.8. The van der Waals surface area contributed by atoms with Gasteiger partial charge in [0.05, 0.1) is 11.1 Å². The Labute approximate surface area is 125 Å². The minimum absolute atomic E-state index is 0.0371. The summed E-state index contributed by atoms with van der Waals surface area (Å²) in [6.07, 6.45) is 2.79. The molecule has 0 aliphatic rings. The molecule has 0 fully saturated rings. The van der Waals surface area contributed by atoms with Crippen molar-refractivity contribution in [3.63, 3.8) is 0 Å². The van der Waals surface area contributed by atoms with Gasteiger partial charge in [-0.3, -0.25) is 0 Å². The van der Waals surface area contributed by atoms with Crippen molar-refractivity contribution >= 4 is 38.8 Å². The SMILES string of the molecule is CC(NS(=O)(=O)c1cnc(NN)c(Cl)c1)c1nccs1. The number of nitrogens with zero attached hydrogens (tertiary/aromatic N) is 2. The molecule has 1 atom stereocenters. The Hall–Kier alpha value is -1.26. The second-order valence-corrected chi connectivity index (χ2v) is 6.91. The van der Waals surface area contributed by atoms with Crippen molar-refractivity contribution in [3.05, 3.63) is 33.9 Å². The number of hydrogen-bond acceptors (Lipinski definition) is 7. The van der Waals surface area contributed by atoms with Crippen molar-refractivity contribution in [1.29, 1.82) is 0 Å². The van der Waals surface area contributed by atoms with Gasteiger partial charge in [-0.2, -0.15) is 0 Å². The number of nitrogens with one attached hydrogen (secondary N) is 2. The smallest absolute Gasteiger partial charge is 0.242 e. The fourth-order valence-electron chi connectivity index (χ4n) is 1.47. The summed E-state index contributed by atoms with van der Waals surface area (Å²) in [5.41, 5.74) is 2.27. The summed E-state index contributed by atoms with van der Waals surface area (Å²) in [6.45, 7) is 1.71. The van der Waals surface area contributed by atoms with Gasteiger partial charge in [-0.25, -0.2) is 29.0 Å². The highest BCUT2D eigenvalue weighted by atomic mass is 35.5. The molecule has 7 nitrogen and oxygen atoms in total. The minimum Gasteiger partial charge on any atom is -0.307 e. The number of rotatable bonds is 5. The molecule has 0 aliphatic heterocycles. The van der Waals surface area contributed by atoms with Crippen LogP contribution in [0.15, 0.2) is 28.7 Å². The second kappa shape index (κ2) is 6.02. The van der Waals surface area contributed by atoms with Gasteiger partial charge >= 0.3 is 0 Å². The van der Waals surface area contributed by atoms with E-state index in [1.807, 2.05) is 0 Å². The molecule has 1 unspecified atom stereocenters. The molecule has 108 valence electrons. The second-order valence-electron chi connectivity index (χ2n) is 3.86. The molecule has 0 spiro atoms. The zero-order valence-electron chi connectivity index (χ0n) is 10.4. The first kappa shape index (κ1) is 15.1. The van der Waals surface area contributed by atoms with Crippen LogP contribution in [0.4, 0.5) is 5.82 Å². The van der Waals surface area contributed by atoms with Gasteiger partial charge in [-0.1, -0.05) is 11.6 Å². The number of pyridine rings is 1. The molecular formula is C10H12ClN5O2S2. The van der Waals surface area contributed by atoms with Crippen LogP contribution in [0.2, 0.25) is 5.02 Å². The maximum atomic E-state index is 12.2. The van der Waals surface area contributed by atoms with Crippen LogP contribution in [0.5, 0.6) is 0 Å². The molecule has 0 amide bonds. The van der Waals surface area contributed by atoms with Crippen molar-refractivity contribution in [2.24, 2.45) is 5.84 Å². The Kier molecular flexibility index (Phi) is 4.55. The third-order valence-electron chi connectivity index (χ3n) is 2.42. The number of halogens is 1. The first-order valence-corrected chi connectivity index (χ1v) is 8.22. The maximum absolute atomic E-state index is 12.2.